The smallest absolute Gasteiger partial charge is 0.344 e. The first-order chi connectivity index (χ1) is 10.9. The topological polar surface area (TPSA) is 121 Å². The number of hydrogen-bond donors (Lipinski definition) is 3. The fourth-order valence-corrected chi connectivity index (χ4v) is 2.51. The minimum Gasteiger partial charge on any atom is -0.444 e. The maximum absolute atomic E-state index is 11.9. The summed E-state index contributed by atoms with van der Waals surface area (Å²) in [5.41, 5.74) is 0. The zero-order valence-corrected chi connectivity index (χ0v) is 13.4. The summed E-state index contributed by atoms with van der Waals surface area (Å²) in [5.74, 6) is -3.39. The second kappa shape index (κ2) is 9.75. The Morgan fingerprint density at radius 2 is 1.65 bits per heavy atom. The summed E-state index contributed by atoms with van der Waals surface area (Å²) in [4.78, 5) is 34.4. The minimum absolute atomic E-state index is 0.220. The summed E-state index contributed by atoms with van der Waals surface area (Å²) < 4.78 is 4.44. The third-order valence-electron chi connectivity index (χ3n) is 4.00. The molecular weight excluding hydrogens is 304 g/mol. The van der Waals surface area contributed by atoms with Crippen molar-refractivity contribution in [2.45, 2.75) is 82.7 Å². The van der Waals surface area contributed by atoms with E-state index in [2.05, 4.69) is 11.7 Å². The van der Waals surface area contributed by atoms with Gasteiger partial charge in [-0.25, -0.2) is 4.79 Å². The molecule has 0 aromatic rings. The van der Waals surface area contributed by atoms with Crippen molar-refractivity contribution in [2.75, 3.05) is 0 Å². The van der Waals surface area contributed by atoms with Gasteiger partial charge in [-0.2, -0.15) is 0 Å². The van der Waals surface area contributed by atoms with Gasteiger partial charge >= 0.3 is 5.97 Å². The SMILES string of the molecule is CCCCCCCCCC(O)C(O)C(=O)[C@H]1OC(=O)C(O)C1=O. The number of carbonyl (C=O) groups is 3. The van der Waals surface area contributed by atoms with Crippen molar-refractivity contribution >= 4 is 17.5 Å². The molecule has 0 aromatic heterocycles. The molecule has 23 heavy (non-hydrogen) atoms. The molecule has 1 fully saturated rings. The van der Waals surface area contributed by atoms with Crippen LogP contribution in [0.5, 0.6) is 0 Å². The van der Waals surface area contributed by atoms with Crippen LogP contribution in [0.15, 0.2) is 0 Å². The van der Waals surface area contributed by atoms with E-state index in [9.17, 15) is 24.6 Å². The summed E-state index contributed by atoms with van der Waals surface area (Å²) in [6, 6.07) is 0. The Morgan fingerprint density at radius 1 is 1.09 bits per heavy atom. The van der Waals surface area contributed by atoms with Crippen molar-refractivity contribution in [3.05, 3.63) is 0 Å². The van der Waals surface area contributed by atoms with Crippen molar-refractivity contribution < 1.29 is 34.4 Å². The molecule has 0 radical (unpaired) electrons. The molecule has 0 bridgehead atoms. The lowest BCUT2D eigenvalue weighted by atomic mass is 9.97. The van der Waals surface area contributed by atoms with Gasteiger partial charge in [-0.1, -0.05) is 51.9 Å². The first kappa shape index (κ1) is 19.7. The van der Waals surface area contributed by atoms with Crippen LogP contribution in [0.3, 0.4) is 0 Å². The van der Waals surface area contributed by atoms with E-state index in [1.54, 1.807) is 0 Å². The highest BCUT2D eigenvalue weighted by atomic mass is 16.6. The van der Waals surface area contributed by atoms with E-state index in [-0.39, 0.29) is 6.42 Å². The number of esters is 1. The van der Waals surface area contributed by atoms with Gasteiger partial charge < -0.3 is 20.1 Å². The molecule has 1 rings (SSSR count). The van der Waals surface area contributed by atoms with Gasteiger partial charge in [-0.15, -0.1) is 0 Å². The normalized spacial score (nSPS) is 23.7. The molecule has 7 heteroatoms. The number of rotatable bonds is 11. The number of carbonyl (C=O) groups excluding carboxylic acids is 3. The Balaban J connectivity index is 2.30. The van der Waals surface area contributed by atoms with Gasteiger partial charge in [0.2, 0.25) is 23.8 Å². The van der Waals surface area contributed by atoms with Crippen molar-refractivity contribution in [2.24, 2.45) is 0 Å². The number of unbranched alkanes of at least 4 members (excludes halogenated alkanes) is 6. The third kappa shape index (κ3) is 5.67. The van der Waals surface area contributed by atoms with E-state index in [1.165, 1.54) is 19.3 Å². The van der Waals surface area contributed by atoms with Gasteiger partial charge in [0.1, 0.15) is 6.10 Å². The molecule has 0 aromatic carbocycles. The molecule has 1 heterocycles. The lowest BCUT2D eigenvalue weighted by molar-refractivity contribution is -0.156. The molecule has 0 spiro atoms. The van der Waals surface area contributed by atoms with Crippen LogP contribution in [-0.2, 0) is 19.1 Å². The van der Waals surface area contributed by atoms with E-state index < -0.39 is 42.0 Å². The summed E-state index contributed by atoms with van der Waals surface area (Å²) in [6.45, 7) is 2.14. The number of ether oxygens (including phenoxy) is 1. The summed E-state index contributed by atoms with van der Waals surface area (Å²) in [5, 5.41) is 28.8. The number of cyclic esters (lactones) is 1. The number of ketones is 2. The average Bonchev–Trinajstić information content (AvgIpc) is 2.80. The standard InChI is InChI=1S/C16H26O7/c1-2-3-4-5-6-7-8-9-10(17)11(18)12(19)15-13(20)14(21)16(22)23-15/h10-11,14-15,17-18,21H,2-9H2,1H3/t10?,11?,14?,15-/m1/s1. The van der Waals surface area contributed by atoms with E-state index >= 15 is 0 Å². The van der Waals surface area contributed by atoms with E-state index in [4.69, 9.17) is 5.11 Å². The van der Waals surface area contributed by atoms with Crippen LogP contribution in [0.2, 0.25) is 0 Å². The van der Waals surface area contributed by atoms with Crippen LogP contribution >= 0.6 is 0 Å². The van der Waals surface area contributed by atoms with E-state index in [1.807, 2.05) is 0 Å². The highest BCUT2D eigenvalue weighted by Gasteiger charge is 2.48. The van der Waals surface area contributed by atoms with Crippen LogP contribution in [0, 0.1) is 0 Å². The number of hydrogen-bond acceptors (Lipinski definition) is 7. The number of Topliss-reactive ketones (excluding diaryl/α,β-unsaturated/α-hetero) is 2. The minimum atomic E-state index is -1.99. The first-order valence-electron chi connectivity index (χ1n) is 8.22. The Morgan fingerprint density at radius 3 is 2.17 bits per heavy atom. The monoisotopic (exact) mass is 330 g/mol. The Hall–Kier alpha value is -1.31. The van der Waals surface area contributed by atoms with Crippen molar-refractivity contribution in [3.8, 4) is 0 Å². The average molecular weight is 330 g/mol. The molecule has 4 atom stereocenters. The van der Waals surface area contributed by atoms with E-state index in [0.717, 1.165) is 19.3 Å². The highest BCUT2D eigenvalue weighted by Crippen LogP contribution is 2.17. The fourth-order valence-electron chi connectivity index (χ4n) is 2.51. The molecule has 3 unspecified atom stereocenters. The Bertz CT molecular complexity index is 421. The lowest BCUT2D eigenvalue weighted by Gasteiger charge is -2.18. The molecule has 7 nitrogen and oxygen atoms in total. The van der Waals surface area contributed by atoms with Crippen LogP contribution in [-0.4, -0.2) is 57.3 Å². The Kier molecular flexibility index (Phi) is 8.36. The second-order valence-corrected chi connectivity index (χ2v) is 5.95. The van der Waals surface area contributed by atoms with Gasteiger partial charge in [0, 0.05) is 0 Å². The van der Waals surface area contributed by atoms with Crippen molar-refractivity contribution in [1.29, 1.82) is 0 Å². The number of aliphatic hydroxyl groups is 3. The largest absolute Gasteiger partial charge is 0.444 e. The van der Waals surface area contributed by atoms with Crippen molar-refractivity contribution in [1.82, 2.24) is 0 Å². The van der Waals surface area contributed by atoms with Crippen LogP contribution in [0.1, 0.15) is 58.3 Å². The predicted octanol–water partition coefficient (Wildman–Crippen LogP) is 0.273. The zero-order valence-electron chi connectivity index (χ0n) is 13.4. The fraction of sp³-hybridized carbons (Fsp3) is 0.812. The molecule has 132 valence electrons. The van der Waals surface area contributed by atoms with E-state index in [0.29, 0.717) is 6.42 Å². The molecule has 0 aliphatic carbocycles. The molecule has 1 aliphatic rings. The zero-order chi connectivity index (χ0) is 17.4. The first-order valence-corrected chi connectivity index (χ1v) is 8.22. The predicted molar refractivity (Wildman–Crippen MR) is 80.5 cm³/mol. The number of aliphatic hydroxyl groups excluding tert-OH is 3. The van der Waals surface area contributed by atoms with Crippen LogP contribution in [0.25, 0.3) is 0 Å². The molecule has 1 saturated heterocycles. The quantitative estimate of drug-likeness (QED) is 0.282. The third-order valence-corrected chi connectivity index (χ3v) is 4.00. The van der Waals surface area contributed by atoms with Crippen LogP contribution < -0.4 is 0 Å². The molecule has 0 saturated carbocycles. The van der Waals surface area contributed by atoms with Gasteiger partial charge in [0.05, 0.1) is 6.10 Å². The maximum atomic E-state index is 11.9. The second-order valence-electron chi connectivity index (χ2n) is 5.95. The molecule has 3 N–H and O–H groups in total. The van der Waals surface area contributed by atoms with Gasteiger partial charge in [0.25, 0.3) is 0 Å². The Labute approximate surface area is 135 Å². The maximum Gasteiger partial charge on any atom is 0.344 e. The summed E-state index contributed by atoms with van der Waals surface area (Å²) in [6.07, 6.45) is 0.531. The van der Waals surface area contributed by atoms with Crippen LogP contribution in [0.4, 0.5) is 0 Å². The molecule has 0 amide bonds. The van der Waals surface area contributed by atoms with Gasteiger partial charge in [0.15, 0.2) is 0 Å². The van der Waals surface area contributed by atoms with Crippen molar-refractivity contribution in [3.63, 3.8) is 0 Å². The van der Waals surface area contributed by atoms with Gasteiger partial charge in [-0.05, 0) is 6.42 Å². The summed E-state index contributed by atoms with van der Waals surface area (Å²) >= 11 is 0. The molecule has 1 aliphatic heterocycles. The summed E-state index contributed by atoms with van der Waals surface area (Å²) in [7, 11) is 0. The highest BCUT2D eigenvalue weighted by molar-refractivity contribution is 6.19. The van der Waals surface area contributed by atoms with Gasteiger partial charge in [-0.3, -0.25) is 9.59 Å². The lowest BCUT2D eigenvalue weighted by Crippen LogP contribution is -2.43. The molecular formula is C16H26O7.